The lowest BCUT2D eigenvalue weighted by molar-refractivity contribution is -0.127. The van der Waals surface area contributed by atoms with Crippen molar-refractivity contribution in [3.05, 3.63) is 25.3 Å². The summed E-state index contributed by atoms with van der Waals surface area (Å²) in [5.41, 5.74) is 3.50. The summed E-state index contributed by atoms with van der Waals surface area (Å²) in [6.07, 6.45) is 1.78. The first-order valence-corrected chi connectivity index (χ1v) is 5.90. The molecule has 0 bridgehead atoms. The van der Waals surface area contributed by atoms with Gasteiger partial charge in [0.2, 0.25) is 0 Å². The molecule has 0 rings (SSSR count). The van der Waals surface area contributed by atoms with Crippen molar-refractivity contribution < 1.29 is 27.9 Å². The summed E-state index contributed by atoms with van der Waals surface area (Å²) in [4.78, 5) is 21.5. The van der Waals surface area contributed by atoms with Gasteiger partial charge in [0.05, 0.1) is 6.61 Å². The molecule has 0 aromatic heterocycles. The normalized spacial score (nSPS) is 10.4. The molecule has 0 aliphatic heterocycles. The Morgan fingerprint density at radius 2 is 1.59 bits per heavy atom. The van der Waals surface area contributed by atoms with E-state index < -0.39 is 19.6 Å². The van der Waals surface area contributed by atoms with Gasteiger partial charge in [-0.1, -0.05) is 13.2 Å². The Kier molecular flexibility index (Phi) is 7.08. The molecule has 8 nitrogen and oxygen atoms in total. The fraction of sp³-hybridized carbons (Fsp3) is 0.250. The molecule has 0 unspecified atom stereocenters. The van der Waals surface area contributed by atoms with E-state index in [-0.39, 0.29) is 6.61 Å². The lowest BCUT2D eigenvalue weighted by atomic mass is 10.6. The van der Waals surface area contributed by atoms with Crippen LogP contribution in [0, 0.1) is 0 Å². The molecule has 2 N–H and O–H groups in total. The van der Waals surface area contributed by atoms with Gasteiger partial charge < -0.3 is 0 Å². The van der Waals surface area contributed by atoms with Crippen molar-refractivity contribution >= 4 is 19.6 Å². The van der Waals surface area contributed by atoms with Gasteiger partial charge in [-0.15, -0.1) is 0 Å². The van der Waals surface area contributed by atoms with Gasteiger partial charge in [0.25, 0.3) is 11.8 Å². The van der Waals surface area contributed by atoms with Crippen LogP contribution in [0.2, 0.25) is 0 Å². The van der Waals surface area contributed by atoms with Crippen LogP contribution in [-0.2, 0) is 27.9 Å². The average molecular weight is 264 g/mol. The maximum Gasteiger partial charge on any atom is 0.517 e. The Hall–Kier alpha value is -1.47. The van der Waals surface area contributed by atoms with E-state index in [0.717, 1.165) is 12.2 Å². The van der Waals surface area contributed by atoms with Gasteiger partial charge >= 0.3 is 7.82 Å². The Morgan fingerprint density at radius 1 is 1.18 bits per heavy atom. The van der Waals surface area contributed by atoms with Crippen molar-refractivity contribution in [2.24, 2.45) is 0 Å². The lowest BCUT2D eigenvalue weighted by Gasteiger charge is -2.15. The molecule has 0 saturated heterocycles. The second-order valence-electron chi connectivity index (χ2n) is 2.39. The number of phosphoric acid groups is 1. The molecule has 0 heterocycles. The highest BCUT2D eigenvalue weighted by Gasteiger charge is 2.29. The van der Waals surface area contributed by atoms with Crippen LogP contribution in [0.5, 0.6) is 0 Å². The third-order valence-corrected chi connectivity index (χ3v) is 2.38. The molecule has 2 amide bonds. The molecule has 0 aliphatic rings. The zero-order valence-corrected chi connectivity index (χ0v) is 10.1. The van der Waals surface area contributed by atoms with E-state index in [1.165, 1.54) is 6.92 Å². The van der Waals surface area contributed by atoms with Crippen molar-refractivity contribution in [1.82, 2.24) is 11.0 Å². The highest BCUT2D eigenvalue weighted by atomic mass is 31.2. The minimum atomic E-state index is -4.11. The summed E-state index contributed by atoms with van der Waals surface area (Å²) >= 11 is 0. The van der Waals surface area contributed by atoms with Gasteiger partial charge in [0, 0.05) is 0 Å². The minimum absolute atomic E-state index is 0.0226. The van der Waals surface area contributed by atoms with Gasteiger partial charge in [-0.2, -0.15) is 9.25 Å². The quantitative estimate of drug-likeness (QED) is 0.378. The predicted molar refractivity (Wildman–Crippen MR) is 58.1 cm³/mol. The van der Waals surface area contributed by atoms with Gasteiger partial charge in [0.1, 0.15) is 0 Å². The third-order valence-electron chi connectivity index (χ3n) is 1.17. The number of nitrogens with one attached hydrogen (secondary N) is 2. The van der Waals surface area contributed by atoms with Gasteiger partial charge in [-0.05, 0) is 19.1 Å². The summed E-state index contributed by atoms with van der Waals surface area (Å²) in [7, 11) is -4.11. The van der Waals surface area contributed by atoms with Crippen LogP contribution >= 0.6 is 7.82 Å². The lowest BCUT2D eigenvalue weighted by Crippen LogP contribution is -2.26. The van der Waals surface area contributed by atoms with Crippen LogP contribution in [-0.4, -0.2) is 18.4 Å². The van der Waals surface area contributed by atoms with Crippen LogP contribution in [0.1, 0.15) is 6.92 Å². The first kappa shape index (κ1) is 15.5. The SMILES string of the molecule is C=CC(=O)NOP(=O)(OCC)ONC(=O)C=C. The van der Waals surface area contributed by atoms with Gasteiger partial charge in [0.15, 0.2) is 0 Å². The third kappa shape index (κ3) is 6.64. The molecule has 0 aromatic rings. The van der Waals surface area contributed by atoms with Crippen LogP contribution in [0.25, 0.3) is 0 Å². The maximum atomic E-state index is 11.7. The van der Waals surface area contributed by atoms with Crippen molar-refractivity contribution in [3.63, 3.8) is 0 Å². The molecule has 0 atom stereocenters. The maximum absolute atomic E-state index is 11.7. The average Bonchev–Trinajstić information content (AvgIpc) is 2.33. The number of carbonyl (C=O) groups excluding carboxylic acids is 2. The fourth-order valence-corrected chi connectivity index (χ4v) is 1.38. The number of rotatable bonds is 8. The number of amides is 2. The Morgan fingerprint density at radius 3 is 1.88 bits per heavy atom. The number of hydrogen-bond acceptors (Lipinski definition) is 6. The molecule has 0 aliphatic carbocycles. The minimum Gasteiger partial charge on any atom is -0.285 e. The molecule has 0 spiro atoms. The van der Waals surface area contributed by atoms with Crippen molar-refractivity contribution in [2.75, 3.05) is 6.61 Å². The topological polar surface area (TPSA) is 103 Å². The van der Waals surface area contributed by atoms with E-state index in [0.29, 0.717) is 0 Å². The van der Waals surface area contributed by atoms with Crippen LogP contribution < -0.4 is 11.0 Å². The monoisotopic (exact) mass is 264 g/mol. The van der Waals surface area contributed by atoms with Crippen LogP contribution in [0.3, 0.4) is 0 Å². The number of hydrogen-bond donors (Lipinski definition) is 2. The Balaban J connectivity index is 4.39. The molecular formula is C8H13N2O6P. The summed E-state index contributed by atoms with van der Waals surface area (Å²) in [5, 5.41) is 0. The van der Waals surface area contributed by atoms with E-state index in [4.69, 9.17) is 0 Å². The number of carbonyl (C=O) groups is 2. The summed E-state index contributed by atoms with van der Waals surface area (Å²) in [6, 6.07) is 0. The van der Waals surface area contributed by atoms with E-state index in [9.17, 15) is 14.2 Å². The zero-order chi connectivity index (χ0) is 13.3. The Labute approximate surface area is 98.1 Å². The highest BCUT2D eigenvalue weighted by molar-refractivity contribution is 7.48. The second kappa shape index (κ2) is 7.75. The van der Waals surface area contributed by atoms with E-state index >= 15 is 0 Å². The molecule has 9 heteroatoms. The van der Waals surface area contributed by atoms with Gasteiger partial charge in [-0.25, -0.2) is 15.5 Å². The van der Waals surface area contributed by atoms with E-state index in [1.54, 1.807) is 11.0 Å². The summed E-state index contributed by atoms with van der Waals surface area (Å²) < 4.78 is 25.1. The molecular weight excluding hydrogens is 251 g/mol. The molecule has 0 radical (unpaired) electrons. The number of hydroxylamine groups is 2. The molecule has 0 fully saturated rings. The highest BCUT2D eigenvalue weighted by Crippen LogP contribution is 2.47. The van der Waals surface area contributed by atoms with Crippen molar-refractivity contribution in [2.45, 2.75) is 6.92 Å². The molecule has 0 aromatic carbocycles. The second-order valence-corrected chi connectivity index (χ2v) is 3.91. The largest absolute Gasteiger partial charge is 0.517 e. The first-order chi connectivity index (χ1) is 7.97. The van der Waals surface area contributed by atoms with E-state index in [1.807, 2.05) is 0 Å². The first-order valence-electron chi connectivity index (χ1n) is 4.44. The molecule has 0 saturated carbocycles. The molecule has 17 heavy (non-hydrogen) atoms. The summed E-state index contributed by atoms with van der Waals surface area (Å²) in [5.74, 6) is -1.49. The standard InChI is InChI=1S/C8H13N2O6P/c1-4-7(11)9-15-17(13,14-6-3)16-10-8(12)5-2/h4-5H,1-2,6H2,3H3,(H,9,11)(H,10,12). The smallest absolute Gasteiger partial charge is 0.285 e. The van der Waals surface area contributed by atoms with Crippen LogP contribution in [0.4, 0.5) is 0 Å². The molecule has 96 valence electrons. The summed E-state index contributed by atoms with van der Waals surface area (Å²) in [6.45, 7) is 7.79. The van der Waals surface area contributed by atoms with Crippen molar-refractivity contribution in [1.29, 1.82) is 0 Å². The van der Waals surface area contributed by atoms with Crippen LogP contribution in [0.15, 0.2) is 25.3 Å². The predicted octanol–water partition coefficient (Wildman–Crippen LogP) is 0.599. The zero-order valence-electron chi connectivity index (χ0n) is 9.17. The van der Waals surface area contributed by atoms with E-state index in [2.05, 4.69) is 26.9 Å². The van der Waals surface area contributed by atoms with Crippen molar-refractivity contribution in [3.8, 4) is 0 Å². The van der Waals surface area contributed by atoms with Gasteiger partial charge in [-0.3, -0.25) is 14.1 Å². The fourth-order valence-electron chi connectivity index (χ4n) is 0.515. The Bertz CT molecular complexity index is 328.